The van der Waals surface area contributed by atoms with Crippen LogP contribution in [0.1, 0.15) is 70.4 Å². The Balaban J connectivity index is 1.49. The van der Waals surface area contributed by atoms with Crippen molar-refractivity contribution in [3.05, 3.63) is 53.6 Å². The van der Waals surface area contributed by atoms with Crippen molar-refractivity contribution in [2.45, 2.75) is 83.9 Å². The van der Waals surface area contributed by atoms with Crippen molar-refractivity contribution in [1.82, 2.24) is 10.2 Å². The van der Waals surface area contributed by atoms with Crippen LogP contribution >= 0.6 is 0 Å². The lowest BCUT2D eigenvalue weighted by atomic mass is 9.90. The number of nitrogens with zero attached hydrogens (tertiary/aromatic N) is 1. The van der Waals surface area contributed by atoms with E-state index >= 15 is 0 Å². The first-order valence-electron chi connectivity index (χ1n) is 13.1. The number of hydrogen-bond acceptors (Lipinski definition) is 4. The Hall–Kier alpha value is -2.86. The SMILES string of the molecule is CC(C)c1ccccc1-c1cc(CC(=O)O)ccc1O[C@@H]1CC[C@@H](NC(=O)[C@@H]2CC(C)(C)CN2C)C1. The summed E-state index contributed by atoms with van der Waals surface area (Å²) in [5.74, 6) is 0.365. The van der Waals surface area contributed by atoms with Crippen molar-refractivity contribution in [2.24, 2.45) is 5.41 Å². The smallest absolute Gasteiger partial charge is 0.307 e. The van der Waals surface area contributed by atoms with E-state index < -0.39 is 5.97 Å². The van der Waals surface area contributed by atoms with Crippen molar-refractivity contribution in [1.29, 1.82) is 0 Å². The second-order valence-electron chi connectivity index (χ2n) is 11.7. The van der Waals surface area contributed by atoms with Gasteiger partial charge in [-0.2, -0.15) is 0 Å². The molecule has 2 N–H and O–H groups in total. The van der Waals surface area contributed by atoms with Gasteiger partial charge in [-0.15, -0.1) is 0 Å². The van der Waals surface area contributed by atoms with Crippen molar-refractivity contribution in [3.63, 3.8) is 0 Å². The van der Waals surface area contributed by atoms with Crippen LogP contribution in [0.2, 0.25) is 0 Å². The van der Waals surface area contributed by atoms with E-state index in [1.54, 1.807) is 0 Å². The summed E-state index contributed by atoms with van der Waals surface area (Å²) < 4.78 is 6.54. The Labute approximate surface area is 215 Å². The monoisotopic (exact) mass is 492 g/mol. The summed E-state index contributed by atoms with van der Waals surface area (Å²) in [5, 5.41) is 12.6. The van der Waals surface area contributed by atoms with Gasteiger partial charge < -0.3 is 15.2 Å². The number of carboxylic acid groups (broad SMARTS) is 1. The summed E-state index contributed by atoms with van der Waals surface area (Å²) in [5.41, 5.74) is 4.12. The van der Waals surface area contributed by atoms with E-state index in [2.05, 4.69) is 50.0 Å². The third-order valence-corrected chi connectivity index (χ3v) is 7.55. The molecule has 0 unspecified atom stereocenters. The summed E-state index contributed by atoms with van der Waals surface area (Å²) in [6.45, 7) is 9.68. The number of likely N-dealkylation sites (tertiary alicyclic amines) is 1. The largest absolute Gasteiger partial charge is 0.490 e. The molecule has 194 valence electrons. The molecule has 1 aliphatic carbocycles. The Morgan fingerprint density at radius 2 is 1.89 bits per heavy atom. The Bertz CT molecular complexity index is 1110. The van der Waals surface area contributed by atoms with Crippen LogP contribution in [-0.4, -0.2) is 53.7 Å². The average molecular weight is 493 g/mol. The Morgan fingerprint density at radius 3 is 2.56 bits per heavy atom. The van der Waals surface area contributed by atoms with Crippen LogP contribution < -0.4 is 10.1 Å². The van der Waals surface area contributed by atoms with Gasteiger partial charge in [0.1, 0.15) is 11.9 Å². The lowest BCUT2D eigenvalue weighted by Crippen LogP contribution is -2.45. The molecule has 6 nitrogen and oxygen atoms in total. The topological polar surface area (TPSA) is 78.9 Å². The number of likely N-dealkylation sites (N-methyl/N-ethyl adjacent to an activating group) is 1. The molecule has 2 aromatic carbocycles. The van der Waals surface area contributed by atoms with Crippen molar-refractivity contribution in [3.8, 4) is 16.9 Å². The lowest BCUT2D eigenvalue weighted by Gasteiger charge is -2.22. The first-order chi connectivity index (χ1) is 17.0. The van der Waals surface area contributed by atoms with Crippen LogP contribution in [0.3, 0.4) is 0 Å². The molecule has 2 aromatic rings. The number of carbonyl (C=O) groups is 2. The van der Waals surface area contributed by atoms with Gasteiger partial charge in [-0.05, 0) is 66.5 Å². The minimum atomic E-state index is -0.850. The summed E-state index contributed by atoms with van der Waals surface area (Å²) in [7, 11) is 2.03. The van der Waals surface area contributed by atoms with E-state index in [4.69, 9.17) is 4.74 Å². The predicted octanol–water partition coefficient (Wildman–Crippen LogP) is 5.25. The van der Waals surface area contributed by atoms with E-state index in [0.29, 0.717) is 5.92 Å². The molecule has 4 rings (SSSR count). The van der Waals surface area contributed by atoms with Gasteiger partial charge in [-0.1, -0.05) is 58.0 Å². The van der Waals surface area contributed by atoms with Gasteiger partial charge in [0.05, 0.1) is 12.5 Å². The molecule has 1 saturated heterocycles. The lowest BCUT2D eigenvalue weighted by molar-refractivity contribution is -0.136. The molecule has 0 spiro atoms. The van der Waals surface area contributed by atoms with Gasteiger partial charge in [-0.25, -0.2) is 0 Å². The maximum absolute atomic E-state index is 13.0. The van der Waals surface area contributed by atoms with Crippen LogP contribution in [-0.2, 0) is 16.0 Å². The van der Waals surface area contributed by atoms with Crippen LogP contribution in [0, 0.1) is 5.41 Å². The molecule has 1 amide bonds. The fourth-order valence-corrected chi connectivity index (χ4v) is 5.90. The highest BCUT2D eigenvalue weighted by molar-refractivity contribution is 5.82. The molecule has 3 atom stereocenters. The van der Waals surface area contributed by atoms with E-state index in [-0.39, 0.29) is 35.9 Å². The normalized spacial score (nSPS) is 23.7. The maximum atomic E-state index is 13.0. The van der Waals surface area contributed by atoms with Crippen molar-refractivity contribution >= 4 is 11.9 Å². The van der Waals surface area contributed by atoms with Crippen LogP contribution in [0.25, 0.3) is 11.1 Å². The van der Waals surface area contributed by atoms with Gasteiger partial charge in [0.15, 0.2) is 0 Å². The molecule has 36 heavy (non-hydrogen) atoms. The molecule has 2 aliphatic rings. The number of rotatable bonds is 8. The molecule has 1 aliphatic heterocycles. The summed E-state index contributed by atoms with van der Waals surface area (Å²) in [4.78, 5) is 26.5. The second-order valence-corrected chi connectivity index (χ2v) is 11.7. The minimum absolute atomic E-state index is 0.00309. The van der Waals surface area contributed by atoms with Crippen LogP contribution in [0.4, 0.5) is 0 Å². The Kier molecular flexibility index (Phi) is 7.74. The van der Waals surface area contributed by atoms with Crippen LogP contribution in [0.15, 0.2) is 42.5 Å². The Morgan fingerprint density at radius 1 is 1.14 bits per heavy atom. The summed E-state index contributed by atoms with van der Waals surface area (Å²) in [6.07, 6.45) is 3.39. The number of ether oxygens (including phenoxy) is 1. The van der Waals surface area contributed by atoms with Gasteiger partial charge in [0.25, 0.3) is 0 Å². The van der Waals surface area contributed by atoms with E-state index in [1.165, 1.54) is 5.56 Å². The van der Waals surface area contributed by atoms with Gasteiger partial charge in [0.2, 0.25) is 5.91 Å². The number of carboxylic acids is 1. The first-order valence-corrected chi connectivity index (χ1v) is 13.1. The van der Waals surface area contributed by atoms with E-state index in [9.17, 15) is 14.7 Å². The zero-order valence-electron chi connectivity index (χ0n) is 22.2. The molecule has 6 heteroatoms. The molecule has 2 fully saturated rings. The molecule has 0 bridgehead atoms. The van der Waals surface area contributed by atoms with Crippen molar-refractivity contribution in [2.75, 3.05) is 13.6 Å². The fourth-order valence-electron chi connectivity index (χ4n) is 5.90. The third kappa shape index (κ3) is 6.09. The van der Waals surface area contributed by atoms with Gasteiger partial charge in [-0.3, -0.25) is 14.5 Å². The third-order valence-electron chi connectivity index (χ3n) is 7.55. The van der Waals surface area contributed by atoms with Crippen LogP contribution in [0.5, 0.6) is 5.75 Å². The molecular weight excluding hydrogens is 452 g/mol. The van der Waals surface area contributed by atoms with E-state index in [1.807, 2.05) is 37.4 Å². The quantitative estimate of drug-likeness (QED) is 0.526. The molecule has 1 heterocycles. The van der Waals surface area contributed by atoms with Gasteiger partial charge >= 0.3 is 5.97 Å². The zero-order chi connectivity index (χ0) is 26.0. The molecule has 1 saturated carbocycles. The molecule has 0 radical (unpaired) electrons. The molecular formula is C30H40N2O4. The number of nitrogens with one attached hydrogen (secondary N) is 1. The second kappa shape index (κ2) is 10.6. The first kappa shape index (κ1) is 26.2. The number of carbonyl (C=O) groups excluding carboxylic acids is 1. The summed E-state index contributed by atoms with van der Waals surface area (Å²) in [6, 6.07) is 14.0. The fraction of sp³-hybridized carbons (Fsp3) is 0.533. The highest BCUT2D eigenvalue weighted by Gasteiger charge is 2.40. The minimum Gasteiger partial charge on any atom is -0.490 e. The highest BCUT2D eigenvalue weighted by atomic mass is 16.5. The summed E-state index contributed by atoms with van der Waals surface area (Å²) >= 11 is 0. The predicted molar refractivity (Wildman–Crippen MR) is 142 cm³/mol. The van der Waals surface area contributed by atoms with E-state index in [0.717, 1.165) is 54.7 Å². The van der Waals surface area contributed by atoms with Crippen molar-refractivity contribution < 1.29 is 19.4 Å². The average Bonchev–Trinajstić information content (AvgIpc) is 3.36. The number of aliphatic carboxylic acids is 1. The standard InChI is InChI=1S/C30H40N2O4/c1-19(2)23-8-6-7-9-24(23)25-14-20(15-28(33)34)10-13-27(25)36-22-12-11-21(16-22)31-29(35)26-17-30(3,4)18-32(26)5/h6-10,13-14,19,21-22,26H,11-12,15-18H2,1-5H3,(H,31,35)(H,33,34)/t21-,22-,26+/m1/s1. The number of amides is 1. The number of benzene rings is 2. The zero-order valence-corrected chi connectivity index (χ0v) is 22.2. The highest BCUT2D eigenvalue weighted by Crippen LogP contribution is 2.38. The molecule has 0 aromatic heterocycles. The van der Waals surface area contributed by atoms with Gasteiger partial charge in [0, 0.05) is 24.6 Å². The number of hydrogen-bond donors (Lipinski definition) is 2. The maximum Gasteiger partial charge on any atom is 0.307 e.